The van der Waals surface area contributed by atoms with Crippen LogP contribution in [0, 0.1) is 17.3 Å². The van der Waals surface area contributed by atoms with Gasteiger partial charge in [0, 0.05) is 0 Å². The van der Waals surface area contributed by atoms with Gasteiger partial charge in [-0.2, -0.15) is 0 Å². The van der Waals surface area contributed by atoms with Gasteiger partial charge >= 0.3 is 11.9 Å². The lowest BCUT2D eigenvalue weighted by atomic mass is 9.69. The summed E-state index contributed by atoms with van der Waals surface area (Å²) >= 11 is 0. The Morgan fingerprint density at radius 3 is 2.25 bits per heavy atom. The number of aliphatic carboxylic acids is 1. The second-order valence-corrected chi connectivity index (χ2v) is 7.33. The highest BCUT2D eigenvalue weighted by molar-refractivity contribution is 5.80. The van der Waals surface area contributed by atoms with E-state index in [1.54, 1.807) is 19.1 Å². The van der Waals surface area contributed by atoms with E-state index in [1.165, 1.54) is 38.5 Å². The highest BCUT2D eigenvalue weighted by atomic mass is 16.5. The molecule has 0 bridgehead atoms. The topological polar surface area (TPSA) is 63.6 Å². The lowest BCUT2D eigenvalue weighted by Gasteiger charge is -2.34. The van der Waals surface area contributed by atoms with Crippen LogP contribution in [0.4, 0.5) is 0 Å². The molecule has 4 nitrogen and oxygen atoms in total. The van der Waals surface area contributed by atoms with E-state index in [0.717, 1.165) is 12.8 Å². The van der Waals surface area contributed by atoms with Crippen molar-refractivity contribution in [3.63, 3.8) is 0 Å². The van der Waals surface area contributed by atoms with Crippen LogP contribution in [-0.4, -0.2) is 23.7 Å². The SMILES string of the molecule is CCCCCCCCCCOC(=O)C1C=CC(C)(C(=O)O)C(C)C1. The molecule has 0 radical (unpaired) electrons. The molecule has 0 saturated heterocycles. The summed E-state index contributed by atoms with van der Waals surface area (Å²) in [7, 11) is 0. The minimum atomic E-state index is -0.880. The summed E-state index contributed by atoms with van der Waals surface area (Å²) in [6.45, 7) is 6.29. The van der Waals surface area contributed by atoms with Crippen LogP contribution in [0.2, 0.25) is 0 Å². The highest BCUT2D eigenvalue weighted by Crippen LogP contribution is 2.39. The minimum Gasteiger partial charge on any atom is -0.481 e. The zero-order chi connectivity index (χ0) is 18.0. The van der Waals surface area contributed by atoms with Gasteiger partial charge in [0.1, 0.15) is 0 Å². The Labute approximate surface area is 146 Å². The lowest BCUT2D eigenvalue weighted by molar-refractivity contribution is -0.152. The number of hydrogen-bond donors (Lipinski definition) is 1. The van der Waals surface area contributed by atoms with Gasteiger partial charge in [0.15, 0.2) is 0 Å². The Morgan fingerprint density at radius 1 is 1.12 bits per heavy atom. The van der Waals surface area contributed by atoms with Crippen LogP contribution in [0.1, 0.15) is 78.6 Å². The molecule has 0 saturated carbocycles. The van der Waals surface area contributed by atoms with E-state index in [1.807, 2.05) is 6.92 Å². The number of ether oxygens (including phenoxy) is 1. The number of carbonyl (C=O) groups is 2. The lowest BCUT2D eigenvalue weighted by Crippen LogP contribution is -2.38. The van der Waals surface area contributed by atoms with E-state index in [0.29, 0.717) is 13.0 Å². The number of carboxylic acids is 1. The number of esters is 1. The van der Waals surface area contributed by atoms with Crippen LogP contribution in [0.5, 0.6) is 0 Å². The molecule has 3 unspecified atom stereocenters. The third kappa shape index (κ3) is 6.29. The second kappa shape index (κ2) is 10.5. The molecule has 1 rings (SSSR count). The van der Waals surface area contributed by atoms with Gasteiger partial charge in [0.25, 0.3) is 0 Å². The predicted octanol–water partition coefficient (Wildman–Crippen LogP) is 4.97. The van der Waals surface area contributed by atoms with Crippen molar-refractivity contribution in [1.82, 2.24) is 0 Å². The zero-order valence-electron chi connectivity index (χ0n) is 15.6. The molecule has 4 heteroatoms. The third-order valence-electron chi connectivity index (χ3n) is 5.31. The number of carboxylic acid groups (broad SMARTS) is 1. The molecule has 1 aliphatic rings. The molecule has 24 heavy (non-hydrogen) atoms. The highest BCUT2D eigenvalue weighted by Gasteiger charge is 2.41. The molecule has 0 spiro atoms. The summed E-state index contributed by atoms with van der Waals surface area (Å²) in [5, 5.41) is 9.32. The van der Waals surface area contributed by atoms with Crippen LogP contribution in [-0.2, 0) is 14.3 Å². The molecule has 0 amide bonds. The molecule has 138 valence electrons. The smallest absolute Gasteiger partial charge is 0.313 e. The van der Waals surface area contributed by atoms with Gasteiger partial charge in [-0.25, -0.2) is 0 Å². The Balaban J connectivity index is 2.19. The van der Waals surface area contributed by atoms with Crippen molar-refractivity contribution in [2.45, 2.75) is 78.6 Å². The first-order valence-electron chi connectivity index (χ1n) is 9.51. The fourth-order valence-corrected chi connectivity index (χ4v) is 3.16. The second-order valence-electron chi connectivity index (χ2n) is 7.33. The summed E-state index contributed by atoms with van der Waals surface area (Å²) in [6, 6.07) is 0. The van der Waals surface area contributed by atoms with E-state index < -0.39 is 11.4 Å². The van der Waals surface area contributed by atoms with E-state index in [4.69, 9.17) is 4.74 Å². The summed E-state index contributed by atoms with van der Waals surface area (Å²) in [5.74, 6) is -1.44. The first-order chi connectivity index (χ1) is 11.4. The number of hydrogen-bond acceptors (Lipinski definition) is 3. The first kappa shape index (κ1) is 20.7. The molecule has 1 aliphatic carbocycles. The molecule has 3 atom stereocenters. The van der Waals surface area contributed by atoms with Gasteiger partial charge in [0.05, 0.1) is 17.9 Å². The minimum absolute atomic E-state index is 0.0827. The molecule has 0 aromatic heterocycles. The number of rotatable bonds is 11. The maximum Gasteiger partial charge on any atom is 0.313 e. The molecule has 1 N–H and O–H groups in total. The Bertz CT molecular complexity index is 429. The largest absolute Gasteiger partial charge is 0.481 e. The molecule has 0 aliphatic heterocycles. The van der Waals surface area contributed by atoms with Crippen LogP contribution >= 0.6 is 0 Å². The van der Waals surface area contributed by atoms with Crippen molar-refractivity contribution in [1.29, 1.82) is 0 Å². The summed E-state index contributed by atoms with van der Waals surface area (Å²) in [5.41, 5.74) is -0.880. The van der Waals surface area contributed by atoms with Gasteiger partial charge in [-0.05, 0) is 25.7 Å². The maximum absolute atomic E-state index is 12.1. The molecular formula is C20H34O4. The van der Waals surface area contributed by atoms with Crippen LogP contribution in [0.3, 0.4) is 0 Å². The molecular weight excluding hydrogens is 304 g/mol. The van der Waals surface area contributed by atoms with Crippen molar-refractivity contribution in [3.8, 4) is 0 Å². The van der Waals surface area contributed by atoms with Gasteiger partial charge in [0.2, 0.25) is 0 Å². The summed E-state index contributed by atoms with van der Waals surface area (Å²) < 4.78 is 5.37. The van der Waals surface area contributed by atoms with Gasteiger partial charge in [-0.3, -0.25) is 9.59 Å². The third-order valence-corrected chi connectivity index (χ3v) is 5.31. The number of unbranched alkanes of at least 4 members (excludes halogenated alkanes) is 7. The molecule has 0 heterocycles. The normalized spacial score (nSPS) is 26.3. The Kier molecular flexibility index (Phi) is 9.09. The van der Waals surface area contributed by atoms with Gasteiger partial charge in [-0.1, -0.05) is 70.9 Å². The molecule has 0 fully saturated rings. The number of carbonyl (C=O) groups excluding carboxylic acids is 1. The fourth-order valence-electron chi connectivity index (χ4n) is 3.16. The quantitative estimate of drug-likeness (QED) is 0.328. The van der Waals surface area contributed by atoms with E-state index in [-0.39, 0.29) is 17.8 Å². The Hall–Kier alpha value is -1.32. The van der Waals surface area contributed by atoms with Crippen molar-refractivity contribution in [3.05, 3.63) is 12.2 Å². The van der Waals surface area contributed by atoms with Crippen LogP contribution < -0.4 is 0 Å². The van der Waals surface area contributed by atoms with Crippen molar-refractivity contribution in [2.75, 3.05) is 6.61 Å². The van der Waals surface area contributed by atoms with Gasteiger partial charge < -0.3 is 9.84 Å². The van der Waals surface area contributed by atoms with E-state index >= 15 is 0 Å². The zero-order valence-corrected chi connectivity index (χ0v) is 15.6. The van der Waals surface area contributed by atoms with Crippen molar-refractivity contribution >= 4 is 11.9 Å². The predicted molar refractivity (Wildman–Crippen MR) is 95.7 cm³/mol. The average molecular weight is 338 g/mol. The molecule has 0 aromatic rings. The fraction of sp³-hybridized carbons (Fsp3) is 0.800. The van der Waals surface area contributed by atoms with Crippen molar-refractivity contribution < 1.29 is 19.4 Å². The first-order valence-corrected chi connectivity index (χ1v) is 9.51. The van der Waals surface area contributed by atoms with E-state index in [9.17, 15) is 14.7 Å². The monoisotopic (exact) mass is 338 g/mol. The molecule has 0 aromatic carbocycles. The van der Waals surface area contributed by atoms with Crippen LogP contribution in [0.25, 0.3) is 0 Å². The Morgan fingerprint density at radius 2 is 1.71 bits per heavy atom. The van der Waals surface area contributed by atoms with Crippen LogP contribution in [0.15, 0.2) is 12.2 Å². The summed E-state index contributed by atoms with van der Waals surface area (Å²) in [6.07, 6.45) is 13.6. The standard InChI is InChI=1S/C20H34O4/c1-4-5-6-7-8-9-10-11-14-24-18(21)17-12-13-20(3,19(22)23)16(2)15-17/h12-13,16-17H,4-11,14-15H2,1-3H3,(H,22,23). The van der Waals surface area contributed by atoms with Crippen molar-refractivity contribution in [2.24, 2.45) is 17.3 Å². The average Bonchev–Trinajstić information content (AvgIpc) is 2.55. The van der Waals surface area contributed by atoms with Gasteiger partial charge in [-0.15, -0.1) is 0 Å². The summed E-state index contributed by atoms with van der Waals surface area (Å²) in [4.78, 5) is 23.5. The van der Waals surface area contributed by atoms with E-state index in [2.05, 4.69) is 6.92 Å². The maximum atomic E-state index is 12.1.